The van der Waals surface area contributed by atoms with E-state index in [1.165, 1.54) is 31.3 Å². The van der Waals surface area contributed by atoms with Crippen LogP contribution in [0.25, 0.3) is 0 Å². The number of benzene rings is 1. The largest absolute Gasteiger partial charge is 0.462 e. The molecule has 18 atom stereocenters. The van der Waals surface area contributed by atoms with Crippen LogP contribution in [0.5, 0.6) is 0 Å². The monoisotopic (exact) mass is 1140 g/mol. The minimum atomic E-state index is -1.45. The highest BCUT2D eigenvalue weighted by Crippen LogP contribution is 2.36. The molecule has 7 rings (SSSR count). The number of rotatable bonds is 19. The number of aliphatic hydroxyl groups is 4. The second-order valence-corrected chi connectivity index (χ2v) is 22.3. The number of anilines is 2. The molecule has 0 spiro atoms. The first-order valence-electron chi connectivity index (χ1n) is 28.3. The molecular formula is C57H85FN6O17. The van der Waals surface area contributed by atoms with Gasteiger partial charge < -0.3 is 72.8 Å². The van der Waals surface area contributed by atoms with Gasteiger partial charge in [-0.15, -0.1) is 5.10 Å². The van der Waals surface area contributed by atoms with Crippen LogP contribution >= 0.6 is 0 Å². The molecule has 1 amide bonds. The van der Waals surface area contributed by atoms with Crippen molar-refractivity contribution in [2.45, 2.75) is 172 Å². The van der Waals surface area contributed by atoms with Crippen molar-refractivity contribution in [3.05, 3.63) is 59.7 Å². The van der Waals surface area contributed by atoms with Gasteiger partial charge in [-0.1, -0.05) is 43.7 Å². The number of carbonyl (C=O) groups excluding carboxylic acids is 4. The molecule has 24 heteroatoms. The van der Waals surface area contributed by atoms with E-state index in [9.17, 15) is 39.6 Å². The van der Waals surface area contributed by atoms with Crippen LogP contribution in [0.15, 0.2) is 48.2 Å². The molecule has 2 aromatic rings. The molecule has 4 N–H and O–H groups in total. The zero-order valence-electron chi connectivity index (χ0n) is 48.1. The third-order valence-electron chi connectivity index (χ3n) is 16.4. The van der Waals surface area contributed by atoms with Crippen molar-refractivity contribution in [2.75, 3.05) is 77.1 Å². The zero-order valence-corrected chi connectivity index (χ0v) is 48.1. The average molecular weight is 1150 g/mol. The molecule has 1 aromatic carbocycles. The molecule has 0 radical (unpaired) electrons. The molecule has 0 saturated carbocycles. The molecule has 6 heterocycles. The van der Waals surface area contributed by atoms with Crippen molar-refractivity contribution in [3.8, 4) is 0 Å². The number of halogens is 1. The van der Waals surface area contributed by atoms with E-state index in [4.69, 9.17) is 42.6 Å². The van der Waals surface area contributed by atoms with E-state index in [2.05, 4.69) is 10.3 Å². The summed E-state index contributed by atoms with van der Waals surface area (Å²) in [4.78, 5) is 58.1. The van der Waals surface area contributed by atoms with E-state index in [1.54, 1.807) is 75.7 Å². The fourth-order valence-electron chi connectivity index (χ4n) is 11.6. The average Bonchev–Trinajstić information content (AvgIpc) is 4.24. The predicted octanol–water partition coefficient (Wildman–Crippen LogP) is 3.16. The van der Waals surface area contributed by atoms with Crippen LogP contribution in [0.1, 0.15) is 79.3 Å². The summed E-state index contributed by atoms with van der Waals surface area (Å²) in [6.07, 6.45) is -5.01. The van der Waals surface area contributed by atoms with E-state index in [0.29, 0.717) is 81.0 Å². The van der Waals surface area contributed by atoms with Gasteiger partial charge in [0.15, 0.2) is 18.4 Å². The van der Waals surface area contributed by atoms with Gasteiger partial charge in [0.1, 0.15) is 48.7 Å². The Morgan fingerprint density at radius 1 is 0.914 bits per heavy atom. The third kappa shape index (κ3) is 16.1. The number of hydrogen-bond acceptors (Lipinski definition) is 21. The SMILES string of the molecule is CC[C@H]1OC(=O)C[C@@H](O)[C@H](C)[C@@H](O[C@@H]2O[C@H](C)[C@@H](O)[C@H](N(C)CCCc3cn(C[C@H]4CN(c5ccc(N6CCOCC6)c(F)c5)C(=O)O4)nn3)[C@H]2O)[C@@H](CC=O)C[C@@H](C)C(=O)/C=C/C(C)=C/[C@@H]1CO[C@@H]1O[C@H](C)[C@@H](O)[C@@H](OC)[C@H]1OC. The topological polar surface area (TPSA) is 273 Å². The lowest BCUT2D eigenvalue weighted by Gasteiger charge is -2.47. The van der Waals surface area contributed by atoms with E-state index >= 15 is 4.39 Å². The van der Waals surface area contributed by atoms with Crippen LogP contribution in [0.3, 0.4) is 0 Å². The number of aliphatic hydroxyl groups excluding tert-OH is 4. The van der Waals surface area contributed by atoms with Crippen LogP contribution < -0.4 is 9.80 Å². The molecule has 452 valence electrons. The molecule has 4 saturated heterocycles. The van der Waals surface area contributed by atoms with E-state index in [0.717, 1.165) is 0 Å². The number of ether oxygens (including phenoxy) is 9. The number of aromatic nitrogens is 3. The Morgan fingerprint density at radius 2 is 1.63 bits per heavy atom. The quantitative estimate of drug-likeness (QED) is 0.116. The van der Waals surface area contributed by atoms with Crippen molar-refractivity contribution in [1.82, 2.24) is 19.9 Å². The van der Waals surface area contributed by atoms with Crippen LogP contribution in [0.2, 0.25) is 0 Å². The number of cyclic esters (lactones) is 2. The standard InChI is InChI=1S/C57H85FN6O17/c1-10-46-38(31-76-56-54(74-9)53(73-8)50(70)36(6)78-56)24-32(2)13-16-44(66)33(3)25-37(17-21-65)52(34(4)45(67)27-47(68)80-46)81-55-51(71)48(49(69)35(5)77-55)61(7)18-11-12-39-28-63(60-59-39)29-41-30-64(57(72)79-41)40-14-15-43(42(58)26-40)62-19-22-75-23-20-62/h13-16,21,24,26,28,33-38,41,45-46,48-56,67,69-71H,10-12,17-20,22-23,25,27,29-31H2,1-9H3/b16-13+,32-24+/t33-,34+,35-,36-,37+,38-,41+,45-,46-,48+,49-,50-,51-,52-,53-,54-,55+,56-/m1/s1. The maximum atomic E-state index is 15.2. The first kappa shape index (κ1) is 63.7. The number of morpholine rings is 1. The molecule has 23 nitrogen and oxygen atoms in total. The van der Waals surface area contributed by atoms with E-state index < -0.39 is 134 Å². The van der Waals surface area contributed by atoms with Crippen LogP contribution in [0.4, 0.5) is 20.6 Å². The minimum Gasteiger partial charge on any atom is -0.462 e. The first-order valence-corrected chi connectivity index (χ1v) is 28.3. The summed E-state index contributed by atoms with van der Waals surface area (Å²) in [6.45, 7) is 13.3. The van der Waals surface area contributed by atoms with Crippen LogP contribution in [0, 0.1) is 29.5 Å². The van der Waals surface area contributed by atoms with Crippen molar-refractivity contribution < 1.29 is 86.6 Å². The van der Waals surface area contributed by atoms with Gasteiger partial charge in [0.25, 0.3) is 0 Å². The summed E-state index contributed by atoms with van der Waals surface area (Å²) in [5.41, 5.74) is 2.17. The highest BCUT2D eigenvalue weighted by Gasteiger charge is 2.49. The highest BCUT2D eigenvalue weighted by atomic mass is 19.1. The summed E-state index contributed by atoms with van der Waals surface area (Å²) in [6, 6.07) is 3.80. The number of aldehydes is 1. The number of nitrogens with zero attached hydrogens (tertiary/aromatic N) is 6. The summed E-state index contributed by atoms with van der Waals surface area (Å²) in [7, 11) is 4.67. The highest BCUT2D eigenvalue weighted by molar-refractivity contribution is 5.92. The second kappa shape index (κ2) is 29.6. The van der Waals surface area contributed by atoms with Gasteiger partial charge in [0.2, 0.25) is 0 Å². The molecule has 1 aromatic heterocycles. The number of hydrogen-bond donors (Lipinski definition) is 4. The molecule has 0 aliphatic carbocycles. The number of carbonyl (C=O) groups is 4. The van der Waals surface area contributed by atoms with Gasteiger partial charge in [-0.2, -0.15) is 0 Å². The molecule has 5 aliphatic rings. The molecular weight excluding hydrogens is 1060 g/mol. The van der Waals surface area contributed by atoms with Gasteiger partial charge in [-0.3, -0.25) is 19.4 Å². The zero-order chi connectivity index (χ0) is 58.7. The lowest BCUT2D eigenvalue weighted by Crippen LogP contribution is -2.64. The molecule has 4 fully saturated rings. The maximum Gasteiger partial charge on any atom is 0.414 e. The van der Waals surface area contributed by atoms with Crippen LogP contribution in [-0.4, -0.2) is 217 Å². The van der Waals surface area contributed by atoms with Gasteiger partial charge in [0.05, 0.1) is 93.0 Å². The Kier molecular flexibility index (Phi) is 23.3. The predicted molar refractivity (Wildman–Crippen MR) is 290 cm³/mol. The summed E-state index contributed by atoms with van der Waals surface area (Å²) >= 11 is 0. The van der Waals surface area contributed by atoms with E-state index in [1.807, 2.05) is 17.9 Å². The summed E-state index contributed by atoms with van der Waals surface area (Å²) < 4.78 is 70.2. The van der Waals surface area contributed by atoms with Gasteiger partial charge in [0, 0.05) is 57.7 Å². The van der Waals surface area contributed by atoms with Crippen molar-refractivity contribution >= 4 is 35.5 Å². The molecule has 0 bridgehead atoms. The summed E-state index contributed by atoms with van der Waals surface area (Å²) in [5.74, 6) is -4.18. The second-order valence-electron chi connectivity index (χ2n) is 22.3. The smallest absolute Gasteiger partial charge is 0.414 e. The normalized spacial score (nSPS) is 36.0. The van der Waals surface area contributed by atoms with E-state index in [-0.39, 0.29) is 38.3 Å². The first-order chi connectivity index (χ1) is 38.7. The molecule has 5 aliphatic heterocycles. The fourth-order valence-corrected chi connectivity index (χ4v) is 11.6. The van der Waals surface area contributed by atoms with Gasteiger partial charge in [-0.25, -0.2) is 13.9 Å². The number of amides is 1. The Labute approximate surface area is 473 Å². The van der Waals surface area contributed by atoms with Gasteiger partial charge >= 0.3 is 12.1 Å². The maximum absolute atomic E-state index is 15.2. The van der Waals surface area contributed by atoms with Crippen molar-refractivity contribution in [1.29, 1.82) is 0 Å². The fraction of sp³-hybridized carbons (Fsp3) is 0.719. The number of likely N-dealkylation sites (N-methyl/N-ethyl adjacent to an activating group) is 1. The molecule has 81 heavy (non-hydrogen) atoms. The number of methoxy groups -OCH3 is 2. The minimum absolute atomic E-state index is 0.0239. The number of allylic oxidation sites excluding steroid dienone is 3. The lowest BCUT2D eigenvalue weighted by atomic mass is 9.79. The van der Waals surface area contributed by atoms with Crippen molar-refractivity contribution in [3.63, 3.8) is 0 Å². The Bertz CT molecular complexity index is 2450. The summed E-state index contributed by atoms with van der Waals surface area (Å²) in [5, 5.41) is 54.8. The van der Waals surface area contributed by atoms with Crippen LogP contribution in [-0.2, 0) is 70.0 Å². The number of ketones is 1. The van der Waals surface area contributed by atoms with Gasteiger partial charge in [-0.05, 0) is 90.2 Å². The Balaban J connectivity index is 0.988. The Morgan fingerprint density at radius 3 is 2.32 bits per heavy atom. The lowest BCUT2D eigenvalue weighted by molar-refractivity contribution is -0.305. The molecule has 0 unspecified atom stereocenters. The number of esters is 1. The third-order valence-corrected chi connectivity index (χ3v) is 16.4. The van der Waals surface area contributed by atoms with Crippen molar-refractivity contribution in [2.24, 2.45) is 23.7 Å². The number of aryl methyl sites for hydroxylation is 1. The Hall–Kier alpha value is -4.83.